The summed E-state index contributed by atoms with van der Waals surface area (Å²) >= 11 is 5.68. The zero-order valence-corrected chi connectivity index (χ0v) is 12.3. The molecular weight excluding hydrogens is 264 g/mol. The van der Waals surface area contributed by atoms with Crippen molar-refractivity contribution in [3.63, 3.8) is 0 Å². The van der Waals surface area contributed by atoms with Gasteiger partial charge in [0.15, 0.2) is 0 Å². The Morgan fingerprint density at radius 1 is 1.12 bits per heavy atom. The zero-order valence-electron chi connectivity index (χ0n) is 8.42. The molecule has 0 saturated carbocycles. The van der Waals surface area contributed by atoms with E-state index in [0.29, 0.717) is 10.4 Å². The first kappa shape index (κ1) is 14.5. The van der Waals surface area contributed by atoms with Crippen molar-refractivity contribution in [3.8, 4) is 0 Å². The van der Waals surface area contributed by atoms with E-state index < -0.39 is 12.4 Å². The van der Waals surface area contributed by atoms with Gasteiger partial charge in [0, 0.05) is 17.4 Å². The van der Waals surface area contributed by atoms with Crippen LogP contribution in [0.15, 0.2) is 30.6 Å². The van der Waals surface area contributed by atoms with Gasteiger partial charge in [0.1, 0.15) is 0 Å². The molecule has 78 valence electrons. The molecule has 0 atom stereocenters. The first-order chi connectivity index (χ1) is 6.98. The Bertz CT molecular complexity index is 518. The summed E-state index contributed by atoms with van der Waals surface area (Å²) in [7, 11) is 0. The Kier molecular flexibility index (Phi) is 4.86. The van der Waals surface area contributed by atoms with Crippen molar-refractivity contribution in [1.82, 2.24) is 4.98 Å². The Morgan fingerprint density at radius 2 is 1.81 bits per heavy atom. The second kappa shape index (κ2) is 5.37. The van der Waals surface area contributed by atoms with Gasteiger partial charge in [-0.1, -0.05) is 23.1 Å². The van der Waals surface area contributed by atoms with Gasteiger partial charge in [0.2, 0.25) is 0 Å². The van der Waals surface area contributed by atoms with Crippen LogP contribution in [0.25, 0.3) is 10.8 Å². The van der Waals surface area contributed by atoms with E-state index >= 15 is 0 Å². The first-order valence-corrected chi connectivity index (χ1v) is 4.59. The van der Waals surface area contributed by atoms with Gasteiger partial charge in [0.05, 0.1) is 0 Å². The first-order valence-electron chi connectivity index (χ1n) is 4.21. The molecule has 0 fully saturated rings. The molecule has 0 aliphatic carbocycles. The average molecular weight is 270 g/mol. The fraction of sp³-hybridized carbons (Fsp3) is 0. The van der Waals surface area contributed by atoms with E-state index in [-0.39, 0.29) is 56.8 Å². The molecule has 0 aliphatic heterocycles. The second-order valence-corrected chi connectivity index (χ2v) is 3.61. The predicted octanol–water partition coefficient (Wildman–Crippen LogP) is -0.0534. The third-order valence-corrected chi connectivity index (χ3v) is 2.34. The Hall–Kier alpha value is 0.411. The summed E-state index contributed by atoms with van der Waals surface area (Å²) in [6.45, 7) is -5.03. The fourth-order valence-corrected chi connectivity index (χ4v) is 1.61. The molecule has 0 saturated heterocycles. The van der Waals surface area contributed by atoms with Crippen LogP contribution >= 0.6 is 11.6 Å². The molecule has 1 aromatic heterocycles. The van der Waals surface area contributed by atoms with Crippen LogP contribution in [-0.4, -0.2) is 12.0 Å². The van der Waals surface area contributed by atoms with E-state index in [1.54, 1.807) is 0 Å². The number of hydrogen-bond donors (Lipinski definition) is 0. The van der Waals surface area contributed by atoms with E-state index in [9.17, 15) is 12.9 Å². The van der Waals surface area contributed by atoms with Crippen LogP contribution in [0, 0.1) is 0 Å². The van der Waals surface area contributed by atoms with Crippen molar-refractivity contribution in [1.29, 1.82) is 0 Å². The number of fused-ring (bicyclic) bond motifs is 1. The summed E-state index contributed by atoms with van der Waals surface area (Å²) < 4.78 is 37.8. The molecule has 2 aromatic rings. The van der Waals surface area contributed by atoms with Gasteiger partial charge in [-0.25, -0.2) is 0 Å². The summed E-state index contributed by atoms with van der Waals surface area (Å²) in [4.78, 5) is 3.56. The number of nitrogens with zero attached hydrogens (tertiary/aromatic N) is 1. The number of benzene rings is 1. The zero-order chi connectivity index (χ0) is 11.1. The maximum Gasteiger partial charge on any atom is 1.00 e. The number of rotatable bonds is 1. The summed E-state index contributed by atoms with van der Waals surface area (Å²) in [5.41, 5.74) is -0.677. The summed E-state index contributed by atoms with van der Waals surface area (Å²) in [6.07, 6.45) is 2.21. The smallest absolute Gasteiger partial charge is 0.445 e. The minimum Gasteiger partial charge on any atom is -0.445 e. The minimum absolute atomic E-state index is 0. The van der Waals surface area contributed by atoms with Gasteiger partial charge in [-0.3, -0.25) is 4.98 Å². The van der Waals surface area contributed by atoms with Crippen LogP contribution in [0.3, 0.4) is 0 Å². The topological polar surface area (TPSA) is 12.9 Å². The summed E-state index contributed by atoms with van der Waals surface area (Å²) in [6, 6.07) is 4.27. The third kappa shape index (κ3) is 3.00. The van der Waals surface area contributed by atoms with E-state index in [4.69, 9.17) is 11.6 Å². The number of aromatic nitrogens is 1. The molecule has 0 N–H and O–H groups in total. The van der Waals surface area contributed by atoms with Crippen LogP contribution < -0.4 is 56.8 Å². The molecule has 0 aliphatic rings. The molecule has 0 spiro atoms. The molecule has 16 heavy (non-hydrogen) atoms. The van der Waals surface area contributed by atoms with E-state index in [1.165, 1.54) is 24.4 Å². The van der Waals surface area contributed by atoms with E-state index in [1.807, 2.05) is 0 Å². The number of halogens is 4. The second-order valence-electron chi connectivity index (χ2n) is 3.17. The standard InChI is InChI=1S/C9H5BClF3N.K/c11-7-1-2-8-6(3-7)4-15-5-9(8)10(12,13)14;/h1-5H;/q-1;+1. The largest absolute Gasteiger partial charge is 1.00 e. The van der Waals surface area contributed by atoms with Gasteiger partial charge in [-0.2, -0.15) is 0 Å². The van der Waals surface area contributed by atoms with Gasteiger partial charge >= 0.3 is 58.4 Å². The Balaban J connectivity index is 0.00000128. The van der Waals surface area contributed by atoms with Crippen LogP contribution in [0.4, 0.5) is 12.9 Å². The number of hydrogen-bond acceptors (Lipinski definition) is 1. The molecule has 1 nitrogen and oxygen atoms in total. The molecule has 0 amide bonds. The SMILES string of the molecule is F[B-](F)(F)c1cncc2cc(Cl)ccc12.[K+]. The van der Waals surface area contributed by atoms with Crippen LogP contribution in [0.5, 0.6) is 0 Å². The minimum atomic E-state index is -5.03. The van der Waals surface area contributed by atoms with E-state index in [2.05, 4.69) is 4.98 Å². The molecular formula is C9H5BClF3KN. The van der Waals surface area contributed by atoms with Crippen molar-refractivity contribution < 1.29 is 64.3 Å². The summed E-state index contributed by atoms with van der Waals surface area (Å²) in [5.74, 6) is 0. The molecule has 1 heterocycles. The molecule has 0 unspecified atom stereocenters. The van der Waals surface area contributed by atoms with Crippen molar-refractivity contribution in [2.24, 2.45) is 0 Å². The van der Waals surface area contributed by atoms with E-state index in [0.717, 1.165) is 6.20 Å². The van der Waals surface area contributed by atoms with Gasteiger partial charge in [-0.15, -0.1) is 0 Å². The molecule has 0 bridgehead atoms. The Morgan fingerprint density at radius 3 is 2.44 bits per heavy atom. The fourth-order valence-electron chi connectivity index (χ4n) is 1.43. The maximum absolute atomic E-state index is 12.6. The maximum atomic E-state index is 12.6. The van der Waals surface area contributed by atoms with Crippen molar-refractivity contribution >= 4 is 34.8 Å². The van der Waals surface area contributed by atoms with Crippen LogP contribution in [-0.2, 0) is 0 Å². The van der Waals surface area contributed by atoms with Crippen molar-refractivity contribution in [2.45, 2.75) is 0 Å². The van der Waals surface area contributed by atoms with Gasteiger partial charge < -0.3 is 12.9 Å². The summed E-state index contributed by atoms with van der Waals surface area (Å²) in [5, 5.41) is 0.942. The van der Waals surface area contributed by atoms with Crippen LogP contribution in [0.2, 0.25) is 5.02 Å². The normalized spacial score (nSPS) is 11.2. The molecule has 2 rings (SSSR count). The molecule has 0 radical (unpaired) electrons. The Labute approximate surface area is 138 Å². The average Bonchev–Trinajstić information content (AvgIpc) is 2.15. The van der Waals surface area contributed by atoms with Crippen LogP contribution in [0.1, 0.15) is 0 Å². The van der Waals surface area contributed by atoms with Crippen molar-refractivity contribution in [3.05, 3.63) is 35.6 Å². The van der Waals surface area contributed by atoms with Gasteiger partial charge in [0.25, 0.3) is 0 Å². The monoisotopic (exact) mass is 269 g/mol. The third-order valence-electron chi connectivity index (χ3n) is 2.10. The van der Waals surface area contributed by atoms with Crippen molar-refractivity contribution in [2.75, 3.05) is 0 Å². The quantitative estimate of drug-likeness (QED) is 0.662. The molecule has 7 heteroatoms. The molecule has 1 aromatic carbocycles. The van der Waals surface area contributed by atoms with Gasteiger partial charge in [-0.05, 0) is 22.9 Å². The number of pyridine rings is 1. The predicted molar refractivity (Wildman–Crippen MR) is 55.5 cm³/mol.